The van der Waals surface area contributed by atoms with E-state index in [0.29, 0.717) is 5.92 Å². The lowest BCUT2D eigenvalue weighted by atomic mass is 10.1. The minimum Gasteiger partial charge on any atom is -0.495 e. The lowest BCUT2D eigenvalue weighted by Gasteiger charge is -2.05. The highest BCUT2D eigenvalue weighted by molar-refractivity contribution is 9.10. The molecule has 0 aliphatic rings. The zero-order valence-electron chi connectivity index (χ0n) is 9.70. The summed E-state index contributed by atoms with van der Waals surface area (Å²) in [5.41, 5.74) is 1.08. The van der Waals surface area contributed by atoms with E-state index in [4.69, 9.17) is 4.74 Å². The molecule has 86 valence electrons. The molecule has 16 heavy (non-hydrogen) atoms. The summed E-state index contributed by atoms with van der Waals surface area (Å²) in [7, 11) is 1.68. The lowest BCUT2D eigenvalue weighted by molar-refractivity contribution is 0.412. The van der Waals surface area contributed by atoms with Crippen molar-refractivity contribution < 1.29 is 4.74 Å². The van der Waals surface area contributed by atoms with Gasteiger partial charge in [0.25, 0.3) is 0 Å². The van der Waals surface area contributed by atoms with E-state index in [9.17, 15) is 0 Å². The van der Waals surface area contributed by atoms with Crippen LogP contribution < -0.4 is 4.74 Å². The fourth-order valence-electron chi connectivity index (χ4n) is 1.72. The summed E-state index contributed by atoms with van der Waals surface area (Å²) in [6, 6.07) is 3.96. The van der Waals surface area contributed by atoms with Crippen molar-refractivity contribution in [3.8, 4) is 5.75 Å². The number of methoxy groups -OCH3 is 1. The van der Waals surface area contributed by atoms with Crippen LogP contribution in [0.1, 0.15) is 19.7 Å². The maximum absolute atomic E-state index is 5.23. The van der Waals surface area contributed by atoms with Crippen molar-refractivity contribution in [3.63, 3.8) is 0 Å². The quantitative estimate of drug-likeness (QED) is 0.864. The smallest absolute Gasteiger partial charge is 0.135 e. The zero-order chi connectivity index (χ0) is 11.7. The SMILES string of the molecule is COc1ccc2c(Br)nc(CC(C)C)n2c1. The molecular weight excluding hydrogens is 268 g/mol. The highest BCUT2D eigenvalue weighted by Gasteiger charge is 2.10. The van der Waals surface area contributed by atoms with Crippen LogP contribution in [-0.4, -0.2) is 16.5 Å². The van der Waals surface area contributed by atoms with E-state index in [-0.39, 0.29) is 0 Å². The van der Waals surface area contributed by atoms with Crippen LogP contribution in [0.15, 0.2) is 22.9 Å². The van der Waals surface area contributed by atoms with Crippen LogP contribution in [-0.2, 0) is 6.42 Å². The van der Waals surface area contributed by atoms with Gasteiger partial charge in [-0.25, -0.2) is 4.98 Å². The first-order valence-corrected chi connectivity index (χ1v) is 6.11. The molecule has 0 aliphatic carbocycles. The Kier molecular flexibility index (Phi) is 3.19. The maximum Gasteiger partial charge on any atom is 0.135 e. The minimum absolute atomic E-state index is 0.587. The number of fused-ring (bicyclic) bond motifs is 1. The van der Waals surface area contributed by atoms with Crippen LogP contribution in [0.25, 0.3) is 5.52 Å². The van der Waals surface area contributed by atoms with Crippen LogP contribution >= 0.6 is 15.9 Å². The van der Waals surface area contributed by atoms with Crippen LogP contribution in [0, 0.1) is 5.92 Å². The molecule has 0 radical (unpaired) electrons. The van der Waals surface area contributed by atoms with E-state index < -0.39 is 0 Å². The molecule has 0 bridgehead atoms. The summed E-state index contributed by atoms with van der Waals surface area (Å²) in [5.74, 6) is 2.50. The Labute approximate surface area is 104 Å². The summed E-state index contributed by atoms with van der Waals surface area (Å²) < 4.78 is 8.21. The first kappa shape index (κ1) is 11.5. The lowest BCUT2D eigenvalue weighted by Crippen LogP contribution is -2.00. The fourth-order valence-corrected chi connectivity index (χ4v) is 2.25. The molecule has 0 saturated carbocycles. The Bertz CT molecular complexity index is 505. The van der Waals surface area contributed by atoms with Gasteiger partial charge in [0.2, 0.25) is 0 Å². The number of ether oxygens (including phenoxy) is 1. The van der Waals surface area contributed by atoms with E-state index in [1.807, 2.05) is 18.3 Å². The summed E-state index contributed by atoms with van der Waals surface area (Å²) >= 11 is 3.48. The van der Waals surface area contributed by atoms with Crippen molar-refractivity contribution in [2.75, 3.05) is 7.11 Å². The number of aromatic nitrogens is 2. The minimum atomic E-state index is 0.587. The second kappa shape index (κ2) is 4.45. The predicted molar refractivity (Wildman–Crippen MR) is 68.0 cm³/mol. The third-order valence-corrected chi connectivity index (χ3v) is 3.05. The van der Waals surface area contributed by atoms with E-state index in [1.165, 1.54) is 0 Å². The molecule has 0 N–H and O–H groups in total. The monoisotopic (exact) mass is 282 g/mol. The van der Waals surface area contributed by atoms with Gasteiger partial charge in [-0.1, -0.05) is 13.8 Å². The molecule has 0 amide bonds. The van der Waals surface area contributed by atoms with Crippen molar-refractivity contribution >= 4 is 21.4 Å². The Morgan fingerprint density at radius 2 is 2.19 bits per heavy atom. The molecule has 0 aliphatic heterocycles. The topological polar surface area (TPSA) is 26.5 Å². The standard InChI is InChI=1S/C12H15BrN2O/c1-8(2)6-11-14-12(13)10-5-4-9(16-3)7-15(10)11/h4-5,7-8H,6H2,1-3H3. The summed E-state index contributed by atoms with van der Waals surface area (Å²) in [6.45, 7) is 4.38. The molecule has 2 aromatic heterocycles. The second-order valence-electron chi connectivity index (χ2n) is 4.24. The highest BCUT2D eigenvalue weighted by Crippen LogP contribution is 2.23. The number of rotatable bonds is 3. The van der Waals surface area contributed by atoms with E-state index in [1.54, 1.807) is 7.11 Å². The second-order valence-corrected chi connectivity index (χ2v) is 4.99. The molecule has 4 heteroatoms. The first-order valence-electron chi connectivity index (χ1n) is 5.32. The summed E-state index contributed by atoms with van der Waals surface area (Å²) in [5, 5.41) is 0. The van der Waals surface area contributed by atoms with Gasteiger partial charge in [-0.3, -0.25) is 4.40 Å². The maximum atomic E-state index is 5.23. The zero-order valence-corrected chi connectivity index (χ0v) is 11.3. The number of pyridine rings is 1. The van der Waals surface area contributed by atoms with Gasteiger partial charge in [0.1, 0.15) is 16.2 Å². The first-order chi connectivity index (χ1) is 7.61. The van der Waals surface area contributed by atoms with Crippen molar-refractivity contribution in [1.29, 1.82) is 0 Å². The molecule has 3 nitrogen and oxygen atoms in total. The van der Waals surface area contributed by atoms with Crippen LogP contribution in [0.5, 0.6) is 5.75 Å². The van der Waals surface area contributed by atoms with Gasteiger partial charge in [-0.2, -0.15) is 0 Å². The van der Waals surface area contributed by atoms with Crippen molar-refractivity contribution in [2.45, 2.75) is 20.3 Å². The molecule has 0 unspecified atom stereocenters. The number of nitrogens with zero attached hydrogens (tertiary/aromatic N) is 2. The van der Waals surface area contributed by atoms with E-state index >= 15 is 0 Å². The largest absolute Gasteiger partial charge is 0.495 e. The van der Waals surface area contributed by atoms with Gasteiger partial charge >= 0.3 is 0 Å². The molecule has 0 saturated heterocycles. The average molecular weight is 283 g/mol. The van der Waals surface area contributed by atoms with Gasteiger partial charge in [0.15, 0.2) is 0 Å². The molecular formula is C12H15BrN2O. The molecule has 0 aromatic carbocycles. The average Bonchev–Trinajstić information content (AvgIpc) is 2.54. The van der Waals surface area contributed by atoms with Gasteiger partial charge < -0.3 is 4.74 Å². The van der Waals surface area contributed by atoms with Crippen molar-refractivity contribution in [3.05, 3.63) is 28.8 Å². The molecule has 0 fully saturated rings. The Morgan fingerprint density at radius 3 is 2.81 bits per heavy atom. The van der Waals surface area contributed by atoms with Gasteiger partial charge in [0.05, 0.1) is 18.8 Å². The van der Waals surface area contributed by atoms with Crippen LogP contribution in [0.2, 0.25) is 0 Å². The third-order valence-electron chi connectivity index (χ3n) is 2.46. The molecule has 2 aromatic rings. The molecule has 0 spiro atoms. The van der Waals surface area contributed by atoms with E-state index in [0.717, 1.165) is 28.1 Å². The number of hydrogen-bond acceptors (Lipinski definition) is 2. The number of hydrogen-bond donors (Lipinski definition) is 0. The Hall–Kier alpha value is -1.03. The normalized spacial score (nSPS) is 11.3. The van der Waals surface area contributed by atoms with E-state index in [2.05, 4.69) is 39.2 Å². The molecule has 2 heterocycles. The summed E-state index contributed by atoms with van der Waals surface area (Å²) in [6.07, 6.45) is 2.94. The Morgan fingerprint density at radius 1 is 1.44 bits per heavy atom. The van der Waals surface area contributed by atoms with Crippen molar-refractivity contribution in [1.82, 2.24) is 9.38 Å². The van der Waals surface area contributed by atoms with Gasteiger partial charge in [-0.15, -0.1) is 0 Å². The highest BCUT2D eigenvalue weighted by atomic mass is 79.9. The fraction of sp³-hybridized carbons (Fsp3) is 0.417. The Balaban J connectivity index is 2.56. The van der Waals surface area contributed by atoms with Gasteiger partial charge in [0, 0.05) is 6.42 Å². The van der Waals surface area contributed by atoms with Crippen molar-refractivity contribution in [2.24, 2.45) is 5.92 Å². The number of imidazole rings is 1. The van der Waals surface area contributed by atoms with Gasteiger partial charge in [-0.05, 0) is 34.0 Å². The van der Waals surface area contributed by atoms with Crippen LogP contribution in [0.3, 0.4) is 0 Å². The third kappa shape index (κ3) is 2.07. The van der Waals surface area contributed by atoms with Crippen LogP contribution in [0.4, 0.5) is 0 Å². The number of halogens is 1. The predicted octanol–water partition coefficient (Wildman–Crippen LogP) is 3.30. The molecule has 2 rings (SSSR count). The summed E-state index contributed by atoms with van der Waals surface area (Å²) in [4.78, 5) is 4.53. The molecule has 0 atom stereocenters.